The Bertz CT molecular complexity index is 1510. The van der Waals surface area contributed by atoms with Crippen molar-refractivity contribution in [2.45, 2.75) is 46.3 Å². The lowest BCUT2D eigenvalue weighted by atomic mass is 10.1. The molecule has 13 heteroatoms. The van der Waals surface area contributed by atoms with Crippen LogP contribution in [0.25, 0.3) is 5.82 Å². The Kier molecular flexibility index (Phi) is 8.84. The number of nitrogens with two attached hydrogens (primary N) is 1. The number of hydrazone groups is 1. The Morgan fingerprint density at radius 3 is 2.73 bits per heavy atom. The number of aromatic nitrogens is 5. The van der Waals surface area contributed by atoms with Gasteiger partial charge in [0.2, 0.25) is 11.6 Å². The van der Waals surface area contributed by atoms with E-state index in [2.05, 4.69) is 42.1 Å². The molecule has 41 heavy (non-hydrogen) atoms. The van der Waals surface area contributed by atoms with Crippen molar-refractivity contribution < 1.29 is 18.9 Å². The van der Waals surface area contributed by atoms with Crippen LogP contribution in [0.5, 0.6) is 11.5 Å². The predicted octanol–water partition coefficient (Wildman–Crippen LogP) is 3.27. The molecule has 2 aromatic carbocycles. The number of aryl methyl sites for hydroxylation is 1. The Labute approximate surface area is 237 Å². The summed E-state index contributed by atoms with van der Waals surface area (Å²) in [6.45, 7) is 7.09. The van der Waals surface area contributed by atoms with Crippen molar-refractivity contribution in [1.82, 2.24) is 35.6 Å². The van der Waals surface area contributed by atoms with Crippen molar-refractivity contribution in [3.63, 3.8) is 0 Å². The Morgan fingerprint density at radius 1 is 1.12 bits per heavy atom. The second-order valence-electron chi connectivity index (χ2n) is 9.72. The first-order chi connectivity index (χ1) is 20.0. The minimum Gasteiger partial charge on any atom is -0.490 e. The van der Waals surface area contributed by atoms with Crippen LogP contribution in [0.15, 0.2) is 52.2 Å². The fraction of sp³-hybridized carbons (Fsp3) is 0.357. The van der Waals surface area contributed by atoms with E-state index >= 15 is 0 Å². The summed E-state index contributed by atoms with van der Waals surface area (Å²) in [4.78, 5) is 15.4. The number of nitrogens with zero attached hydrogens (tertiary/aromatic N) is 7. The maximum Gasteiger partial charge on any atom is 0.293 e. The maximum atomic E-state index is 13.1. The minimum atomic E-state index is -0.516. The summed E-state index contributed by atoms with van der Waals surface area (Å²) in [6, 6.07) is 13.6. The molecule has 0 aliphatic carbocycles. The number of piperidine rings is 1. The van der Waals surface area contributed by atoms with Crippen molar-refractivity contribution in [3.05, 3.63) is 70.5 Å². The van der Waals surface area contributed by atoms with Crippen molar-refractivity contribution in [1.29, 1.82) is 0 Å². The van der Waals surface area contributed by atoms with E-state index in [1.54, 1.807) is 0 Å². The zero-order chi connectivity index (χ0) is 28.6. The topological polar surface area (TPSA) is 159 Å². The molecule has 1 saturated heterocycles. The number of anilines is 1. The molecule has 2 aromatic heterocycles. The molecular formula is C28H33N9O4. The van der Waals surface area contributed by atoms with E-state index < -0.39 is 5.91 Å². The molecule has 214 valence electrons. The number of rotatable bonds is 11. The summed E-state index contributed by atoms with van der Waals surface area (Å²) in [5.74, 6) is 0.921. The molecule has 3 heterocycles. The average molecular weight is 560 g/mol. The van der Waals surface area contributed by atoms with Crippen LogP contribution in [0.1, 0.15) is 59.1 Å². The van der Waals surface area contributed by atoms with E-state index in [-0.39, 0.29) is 17.3 Å². The fourth-order valence-electron chi connectivity index (χ4n) is 4.63. The van der Waals surface area contributed by atoms with Gasteiger partial charge in [0.05, 0.1) is 18.5 Å². The number of carbonyl (C=O) groups is 1. The van der Waals surface area contributed by atoms with Gasteiger partial charge in [0, 0.05) is 6.54 Å². The molecule has 4 aromatic rings. The molecule has 0 atom stereocenters. The number of carbonyl (C=O) groups excluding carboxylic acids is 1. The zero-order valence-electron chi connectivity index (χ0n) is 23.1. The highest BCUT2D eigenvalue weighted by Gasteiger charge is 2.26. The lowest BCUT2D eigenvalue weighted by Gasteiger charge is -2.26. The van der Waals surface area contributed by atoms with Crippen LogP contribution in [0, 0.1) is 6.92 Å². The number of hydrogen-bond donors (Lipinski definition) is 2. The van der Waals surface area contributed by atoms with Crippen LogP contribution < -0.4 is 20.6 Å². The molecule has 3 N–H and O–H groups in total. The van der Waals surface area contributed by atoms with E-state index in [1.807, 2.05) is 50.2 Å². The van der Waals surface area contributed by atoms with Gasteiger partial charge in [-0.05, 0) is 79.4 Å². The summed E-state index contributed by atoms with van der Waals surface area (Å²) in [6.07, 6.45) is 4.88. The lowest BCUT2D eigenvalue weighted by Crippen LogP contribution is -2.31. The molecule has 0 radical (unpaired) electrons. The Hall–Kier alpha value is -4.78. The number of amides is 1. The zero-order valence-corrected chi connectivity index (χ0v) is 23.1. The van der Waals surface area contributed by atoms with Crippen LogP contribution in [0.3, 0.4) is 0 Å². The molecule has 1 amide bonds. The van der Waals surface area contributed by atoms with E-state index in [0.717, 1.165) is 37.1 Å². The minimum absolute atomic E-state index is 0.0520. The predicted molar refractivity (Wildman–Crippen MR) is 151 cm³/mol. The van der Waals surface area contributed by atoms with Crippen molar-refractivity contribution in [2.24, 2.45) is 5.10 Å². The van der Waals surface area contributed by atoms with Gasteiger partial charge < -0.3 is 15.2 Å². The van der Waals surface area contributed by atoms with Crippen LogP contribution >= 0.6 is 0 Å². The molecule has 0 bridgehead atoms. The first-order valence-corrected chi connectivity index (χ1v) is 13.6. The lowest BCUT2D eigenvalue weighted by molar-refractivity contribution is 0.0947. The molecule has 1 aliphatic heterocycles. The van der Waals surface area contributed by atoms with Gasteiger partial charge in [-0.25, -0.2) is 10.1 Å². The van der Waals surface area contributed by atoms with Gasteiger partial charge in [-0.1, -0.05) is 41.5 Å². The second kappa shape index (κ2) is 13.0. The number of benzene rings is 2. The third-order valence-electron chi connectivity index (χ3n) is 6.62. The largest absolute Gasteiger partial charge is 0.490 e. The van der Waals surface area contributed by atoms with Gasteiger partial charge in [-0.3, -0.25) is 9.69 Å². The number of nitrogen functional groups attached to an aromatic ring is 1. The van der Waals surface area contributed by atoms with E-state index in [0.29, 0.717) is 37.0 Å². The smallest absolute Gasteiger partial charge is 0.293 e. The van der Waals surface area contributed by atoms with Crippen molar-refractivity contribution in [3.8, 4) is 17.3 Å². The molecule has 1 aliphatic rings. The third kappa shape index (κ3) is 6.87. The van der Waals surface area contributed by atoms with Gasteiger partial charge in [-0.2, -0.15) is 9.78 Å². The summed E-state index contributed by atoms with van der Waals surface area (Å²) in [7, 11) is 0. The Balaban J connectivity index is 1.29. The highest BCUT2D eigenvalue weighted by Crippen LogP contribution is 2.29. The molecule has 0 unspecified atom stereocenters. The van der Waals surface area contributed by atoms with E-state index in [1.165, 1.54) is 22.9 Å². The van der Waals surface area contributed by atoms with Crippen molar-refractivity contribution in [2.75, 3.05) is 25.4 Å². The number of hydrogen-bond acceptors (Lipinski definition) is 11. The van der Waals surface area contributed by atoms with Crippen molar-refractivity contribution >= 4 is 17.9 Å². The maximum absolute atomic E-state index is 13.1. The van der Waals surface area contributed by atoms with Crippen LogP contribution in [-0.2, 0) is 13.2 Å². The highest BCUT2D eigenvalue weighted by molar-refractivity contribution is 5.94. The SMILES string of the molecule is CCOc1cc(/C=N/NC(=O)c2nnn(-c3nonc3N)c2CN2CCCCC2)ccc1OCc1cccc(C)c1. The number of likely N-dealkylation sites (tertiary alicyclic amines) is 1. The second-order valence-corrected chi connectivity index (χ2v) is 9.72. The number of ether oxygens (including phenoxy) is 2. The van der Waals surface area contributed by atoms with Crippen LogP contribution in [-0.4, -0.2) is 62.0 Å². The first-order valence-electron chi connectivity index (χ1n) is 13.6. The molecule has 0 saturated carbocycles. The van der Waals surface area contributed by atoms with Crippen LogP contribution in [0.4, 0.5) is 5.82 Å². The molecule has 0 spiro atoms. The first kappa shape index (κ1) is 27.8. The summed E-state index contributed by atoms with van der Waals surface area (Å²) in [5.41, 5.74) is 12.0. The number of nitrogens with one attached hydrogen (secondary N) is 1. The third-order valence-corrected chi connectivity index (χ3v) is 6.62. The van der Waals surface area contributed by atoms with Gasteiger partial charge in [0.1, 0.15) is 6.61 Å². The highest BCUT2D eigenvalue weighted by atomic mass is 16.6. The average Bonchev–Trinajstić information content (AvgIpc) is 3.59. The molecular weight excluding hydrogens is 526 g/mol. The summed E-state index contributed by atoms with van der Waals surface area (Å²) in [5, 5.41) is 19.8. The van der Waals surface area contributed by atoms with Crippen LogP contribution in [0.2, 0.25) is 0 Å². The molecule has 1 fully saturated rings. The molecule has 13 nitrogen and oxygen atoms in total. The molecule has 5 rings (SSSR count). The fourth-order valence-corrected chi connectivity index (χ4v) is 4.63. The summed E-state index contributed by atoms with van der Waals surface area (Å²) >= 11 is 0. The van der Waals surface area contributed by atoms with E-state index in [4.69, 9.17) is 19.8 Å². The van der Waals surface area contributed by atoms with Gasteiger partial charge in [0.15, 0.2) is 17.2 Å². The van der Waals surface area contributed by atoms with E-state index in [9.17, 15) is 4.79 Å². The van der Waals surface area contributed by atoms with Gasteiger partial charge in [-0.15, -0.1) is 5.10 Å². The van der Waals surface area contributed by atoms with Gasteiger partial charge >= 0.3 is 0 Å². The quantitative estimate of drug-likeness (QED) is 0.206. The monoisotopic (exact) mass is 559 g/mol. The standard InChI is InChI=1S/C28H33N9O4/c1-3-39-24-15-20(10-11-23(24)40-18-21-9-7-8-19(2)14-21)16-30-32-28(38)25-22(17-36-12-5-4-6-13-36)37(35-31-25)27-26(29)33-41-34-27/h7-11,14-16H,3-6,12-13,17-18H2,1-2H3,(H2,29,33)(H,32,38)/b30-16+. The van der Waals surface area contributed by atoms with Gasteiger partial charge in [0.25, 0.3) is 5.91 Å². The Morgan fingerprint density at radius 2 is 1.98 bits per heavy atom. The normalized spacial score (nSPS) is 13.9. The summed E-state index contributed by atoms with van der Waals surface area (Å²) < 4.78 is 17.9.